The van der Waals surface area contributed by atoms with Crippen LogP contribution in [0.3, 0.4) is 0 Å². The normalized spacial score (nSPS) is 12.0. The van der Waals surface area contributed by atoms with Crippen LogP contribution in [0.1, 0.15) is 11.1 Å². The lowest BCUT2D eigenvalue weighted by molar-refractivity contribution is 0.669. The summed E-state index contributed by atoms with van der Waals surface area (Å²) >= 11 is 0. The maximum absolute atomic E-state index is 6.88. The van der Waals surface area contributed by atoms with E-state index in [1.54, 1.807) is 0 Å². The maximum atomic E-state index is 6.88. The summed E-state index contributed by atoms with van der Waals surface area (Å²) in [6, 6.07) is 69.1. The molecule has 0 radical (unpaired) electrons. The van der Waals surface area contributed by atoms with Gasteiger partial charge in [0.25, 0.3) is 0 Å². The molecule has 11 aromatic carbocycles. The maximum Gasteiger partial charge on any atom is 0.136 e. The second-order valence-corrected chi connectivity index (χ2v) is 15.8. The fourth-order valence-corrected chi connectivity index (χ4v) is 9.60. The summed E-state index contributed by atoms with van der Waals surface area (Å²) < 4.78 is 6.88. The molecule has 272 valence electrons. The van der Waals surface area contributed by atoms with Crippen molar-refractivity contribution in [2.75, 3.05) is 4.90 Å². The van der Waals surface area contributed by atoms with Crippen molar-refractivity contribution in [1.82, 2.24) is 0 Å². The van der Waals surface area contributed by atoms with E-state index in [2.05, 4.69) is 207 Å². The van der Waals surface area contributed by atoms with E-state index in [1.807, 2.05) is 0 Å². The van der Waals surface area contributed by atoms with E-state index >= 15 is 0 Å². The quantitative estimate of drug-likeness (QED) is 0.132. The zero-order chi connectivity index (χ0) is 38.5. The van der Waals surface area contributed by atoms with Crippen LogP contribution >= 0.6 is 0 Å². The molecular weight excluding hydrogens is 703 g/mol. The summed E-state index contributed by atoms with van der Waals surface area (Å²) in [4.78, 5) is 2.43. The highest BCUT2D eigenvalue weighted by Crippen LogP contribution is 2.49. The molecule has 0 atom stereocenters. The summed E-state index contributed by atoms with van der Waals surface area (Å²) in [6.45, 7) is 4.29. The number of benzene rings is 11. The van der Waals surface area contributed by atoms with Crippen LogP contribution in [0, 0.1) is 13.8 Å². The second-order valence-electron chi connectivity index (χ2n) is 15.8. The standard InChI is InChI=1S/C56H37NO/c1-34-19-25-38(26-20-34)57(39-27-21-35(2)22-28-39)56-47-17-9-7-15-44(47)54(45-16-8-10-18-48(45)56)37-24-29-43-50-32-51-49(33-53(50)58-52(43)31-37)42-14-6-5-13-41(42)46-30-23-36-11-3-4-12-40(36)55(46)51/h3-33H,1-2H3. The fourth-order valence-electron chi connectivity index (χ4n) is 9.60. The average Bonchev–Trinajstić information content (AvgIpc) is 3.63. The molecule has 58 heavy (non-hydrogen) atoms. The van der Waals surface area contributed by atoms with Crippen LogP contribution in [0.5, 0.6) is 0 Å². The lowest BCUT2D eigenvalue weighted by Gasteiger charge is -2.29. The Labute approximate surface area is 335 Å². The van der Waals surface area contributed by atoms with Gasteiger partial charge in [-0.15, -0.1) is 0 Å². The molecule has 12 rings (SSSR count). The molecule has 0 spiro atoms. The predicted molar refractivity (Wildman–Crippen MR) is 248 cm³/mol. The fraction of sp³-hybridized carbons (Fsp3) is 0.0357. The van der Waals surface area contributed by atoms with Gasteiger partial charge in [-0.25, -0.2) is 0 Å². The summed E-state index contributed by atoms with van der Waals surface area (Å²) in [7, 11) is 0. The van der Waals surface area contributed by atoms with Gasteiger partial charge in [0.2, 0.25) is 0 Å². The summed E-state index contributed by atoms with van der Waals surface area (Å²) in [6.07, 6.45) is 0. The molecule has 0 aliphatic heterocycles. The molecule has 0 aliphatic carbocycles. The van der Waals surface area contributed by atoms with Crippen LogP contribution in [0.4, 0.5) is 17.1 Å². The Bertz CT molecular complexity index is 3530. The van der Waals surface area contributed by atoms with Crippen molar-refractivity contribution in [2.24, 2.45) is 0 Å². The van der Waals surface area contributed by atoms with Gasteiger partial charge in [0.1, 0.15) is 11.2 Å². The topological polar surface area (TPSA) is 16.4 Å². The predicted octanol–water partition coefficient (Wildman–Crippen LogP) is 16.3. The Hall–Kier alpha value is -7.42. The minimum atomic E-state index is 0.888. The van der Waals surface area contributed by atoms with Crippen molar-refractivity contribution in [3.63, 3.8) is 0 Å². The Morgan fingerprint density at radius 2 is 0.862 bits per heavy atom. The van der Waals surface area contributed by atoms with Crippen molar-refractivity contribution in [1.29, 1.82) is 0 Å². The first-order valence-electron chi connectivity index (χ1n) is 20.1. The number of furan rings is 1. The zero-order valence-electron chi connectivity index (χ0n) is 32.3. The third-order valence-electron chi connectivity index (χ3n) is 12.3. The smallest absolute Gasteiger partial charge is 0.136 e. The van der Waals surface area contributed by atoms with Crippen molar-refractivity contribution in [3.8, 4) is 11.1 Å². The van der Waals surface area contributed by atoms with Gasteiger partial charge in [-0.1, -0.05) is 151 Å². The molecule has 0 N–H and O–H groups in total. The Morgan fingerprint density at radius 3 is 1.50 bits per heavy atom. The third kappa shape index (κ3) is 4.85. The van der Waals surface area contributed by atoms with Gasteiger partial charge in [-0.2, -0.15) is 0 Å². The van der Waals surface area contributed by atoms with E-state index in [-0.39, 0.29) is 0 Å². The van der Waals surface area contributed by atoms with Crippen LogP contribution in [-0.2, 0) is 0 Å². The van der Waals surface area contributed by atoms with Crippen molar-refractivity contribution < 1.29 is 4.42 Å². The molecule has 0 fully saturated rings. The van der Waals surface area contributed by atoms with Crippen LogP contribution in [-0.4, -0.2) is 0 Å². The summed E-state index contributed by atoms with van der Waals surface area (Å²) in [5, 5.41) is 17.1. The van der Waals surface area contributed by atoms with Crippen molar-refractivity contribution in [2.45, 2.75) is 13.8 Å². The number of anilines is 3. The van der Waals surface area contributed by atoms with Crippen LogP contribution in [0.25, 0.3) is 97.7 Å². The molecule has 12 aromatic rings. The number of nitrogens with zero attached hydrogens (tertiary/aromatic N) is 1. The number of hydrogen-bond acceptors (Lipinski definition) is 2. The summed E-state index contributed by atoms with van der Waals surface area (Å²) in [5.41, 5.74) is 10.0. The Balaban J connectivity index is 1.12. The average molecular weight is 740 g/mol. The summed E-state index contributed by atoms with van der Waals surface area (Å²) in [5.74, 6) is 0. The molecule has 2 nitrogen and oxygen atoms in total. The van der Waals surface area contributed by atoms with Crippen LogP contribution in [0.15, 0.2) is 192 Å². The molecule has 0 saturated carbocycles. The van der Waals surface area contributed by atoms with Gasteiger partial charge < -0.3 is 9.32 Å². The lowest BCUT2D eigenvalue weighted by atomic mass is 9.89. The molecule has 1 heterocycles. The minimum absolute atomic E-state index is 0.888. The highest BCUT2D eigenvalue weighted by molar-refractivity contribution is 6.33. The monoisotopic (exact) mass is 739 g/mol. The van der Waals surface area contributed by atoms with Gasteiger partial charge >= 0.3 is 0 Å². The van der Waals surface area contributed by atoms with Crippen LogP contribution < -0.4 is 4.90 Å². The van der Waals surface area contributed by atoms with E-state index in [4.69, 9.17) is 4.42 Å². The number of hydrogen-bond donors (Lipinski definition) is 0. The van der Waals surface area contributed by atoms with Crippen molar-refractivity contribution in [3.05, 3.63) is 199 Å². The first-order valence-corrected chi connectivity index (χ1v) is 20.1. The van der Waals surface area contributed by atoms with Gasteiger partial charge in [-0.3, -0.25) is 0 Å². The van der Waals surface area contributed by atoms with Gasteiger partial charge in [0.15, 0.2) is 0 Å². The van der Waals surface area contributed by atoms with E-state index in [1.165, 1.54) is 87.0 Å². The number of aryl methyl sites for hydroxylation is 2. The van der Waals surface area contributed by atoms with E-state index < -0.39 is 0 Å². The Morgan fingerprint density at radius 1 is 0.345 bits per heavy atom. The highest BCUT2D eigenvalue weighted by Gasteiger charge is 2.23. The van der Waals surface area contributed by atoms with Gasteiger partial charge in [-0.05, 0) is 127 Å². The lowest BCUT2D eigenvalue weighted by Crippen LogP contribution is -2.11. The molecule has 0 bridgehead atoms. The molecule has 0 saturated heterocycles. The van der Waals surface area contributed by atoms with Gasteiger partial charge in [0, 0.05) is 32.9 Å². The first-order chi connectivity index (χ1) is 28.6. The molecule has 0 amide bonds. The number of fused-ring (bicyclic) bond motifs is 13. The SMILES string of the molecule is Cc1ccc(N(c2ccc(C)cc2)c2c3ccccc3c(-c3ccc4c(c3)oc3cc5c6ccccc6c6ccc7ccccc7c6c5cc34)c3ccccc23)cc1. The minimum Gasteiger partial charge on any atom is -0.456 e. The number of rotatable bonds is 4. The largest absolute Gasteiger partial charge is 0.456 e. The second kappa shape index (κ2) is 12.5. The zero-order valence-corrected chi connectivity index (χ0v) is 32.3. The highest BCUT2D eigenvalue weighted by atomic mass is 16.3. The molecule has 1 aromatic heterocycles. The Kier molecular flexibility index (Phi) is 7.09. The van der Waals surface area contributed by atoms with E-state index in [0.29, 0.717) is 0 Å². The molecule has 2 heteroatoms. The first kappa shape index (κ1) is 32.8. The molecule has 0 unspecified atom stereocenters. The van der Waals surface area contributed by atoms with Crippen molar-refractivity contribution >= 4 is 104 Å². The molecule has 0 aliphatic rings. The van der Waals surface area contributed by atoms with E-state index in [9.17, 15) is 0 Å². The van der Waals surface area contributed by atoms with E-state index in [0.717, 1.165) is 38.9 Å². The molecular formula is C56H37NO. The van der Waals surface area contributed by atoms with Gasteiger partial charge in [0.05, 0.1) is 5.69 Å². The third-order valence-corrected chi connectivity index (χ3v) is 12.3. The van der Waals surface area contributed by atoms with Crippen LogP contribution in [0.2, 0.25) is 0 Å².